The van der Waals surface area contributed by atoms with Crippen LogP contribution >= 0.6 is 11.8 Å². The number of anilines is 1. The number of rotatable bonds is 2. The first kappa shape index (κ1) is 10.7. The molecule has 3 N–H and O–H groups in total. The number of hydrogen-bond donors (Lipinski definition) is 2. The second-order valence-corrected chi connectivity index (χ2v) is 4.82. The van der Waals surface area contributed by atoms with Gasteiger partial charge < -0.3 is 11.1 Å². The second-order valence-electron chi connectivity index (χ2n) is 3.60. The SMILES string of the molecule is CNCc1nc(N)nc2c1CCSCC2. The summed E-state index contributed by atoms with van der Waals surface area (Å²) in [6, 6.07) is 0. The van der Waals surface area contributed by atoms with Crippen LogP contribution in [0.2, 0.25) is 0 Å². The Bertz CT molecular complexity index is 354. The molecule has 1 aliphatic rings. The van der Waals surface area contributed by atoms with Crippen LogP contribution in [0.1, 0.15) is 17.0 Å². The van der Waals surface area contributed by atoms with Gasteiger partial charge in [0.05, 0.1) is 11.4 Å². The summed E-state index contributed by atoms with van der Waals surface area (Å²) in [7, 11) is 1.93. The van der Waals surface area contributed by atoms with Gasteiger partial charge in [-0.05, 0) is 37.0 Å². The minimum absolute atomic E-state index is 0.408. The van der Waals surface area contributed by atoms with E-state index in [1.54, 1.807) is 0 Å². The van der Waals surface area contributed by atoms with Gasteiger partial charge in [0, 0.05) is 6.54 Å². The minimum Gasteiger partial charge on any atom is -0.368 e. The number of fused-ring (bicyclic) bond motifs is 1. The standard InChI is InChI=1S/C10H16N4S/c1-12-6-9-7-2-4-15-5-3-8(7)13-10(11)14-9/h12H,2-6H2,1H3,(H2,11,13,14). The van der Waals surface area contributed by atoms with Crippen molar-refractivity contribution in [2.24, 2.45) is 0 Å². The maximum absolute atomic E-state index is 5.71. The van der Waals surface area contributed by atoms with Gasteiger partial charge in [0.2, 0.25) is 5.95 Å². The average molecular weight is 224 g/mol. The molecular formula is C10H16N4S. The van der Waals surface area contributed by atoms with Crippen LogP contribution < -0.4 is 11.1 Å². The van der Waals surface area contributed by atoms with Crippen LogP contribution in [0.15, 0.2) is 0 Å². The van der Waals surface area contributed by atoms with Crippen molar-refractivity contribution in [2.45, 2.75) is 19.4 Å². The molecule has 0 atom stereocenters. The smallest absolute Gasteiger partial charge is 0.220 e. The van der Waals surface area contributed by atoms with Crippen LogP contribution in [0.3, 0.4) is 0 Å². The van der Waals surface area contributed by atoms with E-state index in [2.05, 4.69) is 15.3 Å². The van der Waals surface area contributed by atoms with E-state index < -0.39 is 0 Å². The Labute approximate surface area is 94.1 Å². The molecule has 2 rings (SSSR count). The fourth-order valence-electron chi connectivity index (χ4n) is 1.86. The van der Waals surface area contributed by atoms with Gasteiger partial charge in [-0.1, -0.05) is 0 Å². The molecule has 1 aromatic heterocycles. The van der Waals surface area contributed by atoms with Crippen molar-refractivity contribution in [1.29, 1.82) is 0 Å². The van der Waals surface area contributed by atoms with E-state index >= 15 is 0 Å². The van der Waals surface area contributed by atoms with E-state index in [1.807, 2.05) is 18.8 Å². The molecule has 0 radical (unpaired) electrons. The summed E-state index contributed by atoms with van der Waals surface area (Å²) < 4.78 is 0. The van der Waals surface area contributed by atoms with Crippen LogP contribution in [-0.2, 0) is 19.4 Å². The largest absolute Gasteiger partial charge is 0.368 e. The van der Waals surface area contributed by atoms with Crippen molar-refractivity contribution < 1.29 is 0 Å². The van der Waals surface area contributed by atoms with Crippen LogP contribution in [0.25, 0.3) is 0 Å². The summed E-state index contributed by atoms with van der Waals surface area (Å²) >= 11 is 1.98. The molecule has 1 aliphatic heterocycles. The van der Waals surface area contributed by atoms with E-state index in [1.165, 1.54) is 5.56 Å². The van der Waals surface area contributed by atoms with Crippen LogP contribution in [0.5, 0.6) is 0 Å². The monoisotopic (exact) mass is 224 g/mol. The molecule has 0 saturated heterocycles. The highest BCUT2D eigenvalue weighted by atomic mass is 32.2. The van der Waals surface area contributed by atoms with Gasteiger partial charge in [0.1, 0.15) is 0 Å². The van der Waals surface area contributed by atoms with E-state index in [4.69, 9.17) is 5.73 Å². The lowest BCUT2D eigenvalue weighted by atomic mass is 10.1. The predicted molar refractivity (Wildman–Crippen MR) is 63.9 cm³/mol. The molecule has 82 valence electrons. The Morgan fingerprint density at radius 3 is 2.93 bits per heavy atom. The normalized spacial score (nSPS) is 15.8. The summed E-state index contributed by atoms with van der Waals surface area (Å²) in [5.74, 6) is 2.71. The highest BCUT2D eigenvalue weighted by molar-refractivity contribution is 7.99. The number of nitrogen functional groups attached to an aromatic ring is 1. The Morgan fingerprint density at radius 2 is 2.13 bits per heavy atom. The summed E-state index contributed by atoms with van der Waals surface area (Å²) in [4.78, 5) is 8.65. The van der Waals surface area contributed by atoms with Crippen LogP contribution in [-0.4, -0.2) is 28.5 Å². The molecule has 4 nitrogen and oxygen atoms in total. The van der Waals surface area contributed by atoms with Crippen molar-refractivity contribution in [3.63, 3.8) is 0 Å². The molecule has 1 aromatic rings. The molecule has 0 bridgehead atoms. The Hall–Kier alpha value is -0.810. The van der Waals surface area contributed by atoms with Gasteiger partial charge in [-0.2, -0.15) is 11.8 Å². The number of hydrogen-bond acceptors (Lipinski definition) is 5. The number of nitrogens with one attached hydrogen (secondary N) is 1. The number of nitrogens with zero attached hydrogens (tertiary/aromatic N) is 2. The molecule has 0 fully saturated rings. The van der Waals surface area contributed by atoms with Crippen molar-refractivity contribution in [2.75, 3.05) is 24.3 Å². The van der Waals surface area contributed by atoms with Crippen LogP contribution in [0, 0.1) is 0 Å². The third-order valence-electron chi connectivity index (χ3n) is 2.52. The van der Waals surface area contributed by atoms with Crippen molar-refractivity contribution in [3.05, 3.63) is 17.0 Å². The maximum Gasteiger partial charge on any atom is 0.220 e. The molecule has 0 saturated carbocycles. The first-order chi connectivity index (χ1) is 7.31. The molecular weight excluding hydrogens is 208 g/mol. The van der Waals surface area contributed by atoms with Gasteiger partial charge in [-0.3, -0.25) is 0 Å². The molecule has 2 heterocycles. The first-order valence-electron chi connectivity index (χ1n) is 5.17. The number of thioether (sulfide) groups is 1. The Kier molecular flexibility index (Phi) is 3.43. The molecule has 0 amide bonds. The Balaban J connectivity index is 2.40. The van der Waals surface area contributed by atoms with Gasteiger partial charge in [0.25, 0.3) is 0 Å². The summed E-state index contributed by atoms with van der Waals surface area (Å²) in [6.07, 6.45) is 2.08. The van der Waals surface area contributed by atoms with E-state index in [0.29, 0.717) is 5.95 Å². The lowest BCUT2D eigenvalue weighted by molar-refractivity contribution is 0.765. The maximum atomic E-state index is 5.71. The van der Waals surface area contributed by atoms with Gasteiger partial charge >= 0.3 is 0 Å². The topological polar surface area (TPSA) is 63.8 Å². The molecule has 0 spiro atoms. The third-order valence-corrected chi connectivity index (χ3v) is 3.51. The lowest BCUT2D eigenvalue weighted by Crippen LogP contribution is -2.15. The zero-order chi connectivity index (χ0) is 10.7. The molecule has 5 heteroatoms. The van der Waals surface area contributed by atoms with E-state index in [9.17, 15) is 0 Å². The number of aryl methyl sites for hydroxylation is 1. The fourth-order valence-corrected chi connectivity index (χ4v) is 2.75. The average Bonchev–Trinajstić information content (AvgIpc) is 2.43. The Morgan fingerprint density at radius 1 is 1.33 bits per heavy atom. The molecule has 0 aromatic carbocycles. The third kappa shape index (κ3) is 2.41. The quantitative estimate of drug-likeness (QED) is 0.770. The highest BCUT2D eigenvalue weighted by Crippen LogP contribution is 2.21. The van der Waals surface area contributed by atoms with Crippen molar-refractivity contribution in [3.8, 4) is 0 Å². The minimum atomic E-state index is 0.408. The molecule has 15 heavy (non-hydrogen) atoms. The summed E-state index contributed by atoms with van der Waals surface area (Å²) in [6.45, 7) is 0.778. The predicted octanol–water partition coefficient (Wildman–Crippen LogP) is 0.610. The van der Waals surface area contributed by atoms with Crippen molar-refractivity contribution >= 4 is 17.7 Å². The van der Waals surface area contributed by atoms with Gasteiger partial charge in [-0.15, -0.1) is 0 Å². The number of aromatic nitrogens is 2. The fraction of sp³-hybridized carbons (Fsp3) is 0.600. The van der Waals surface area contributed by atoms with E-state index in [0.717, 1.165) is 42.3 Å². The molecule has 0 unspecified atom stereocenters. The second kappa shape index (κ2) is 4.81. The lowest BCUT2D eigenvalue weighted by Gasteiger charge is -2.10. The zero-order valence-corrected chi connectivity index (χ0v) is 9.73. The summed E-state index contributed by atoms with van der Waals surface area (Å²) in [5.41, 5.74) is 9.24. The highest BCUT2D eigenvalue weighted by Gasteiger charge is 2.15. The van der Waals surface area contributed by atoms with Gasteiger partial charge in [0.15, 0.2) is 0 Å². The molecule has 0 aliphatic carbocycles. The van der Waals surface area contributed by atoms with Crippen LogP contribution in [0.4, 0.5) is 5.95 Å². The zero-order valence-electron chi connectivity index (χ0n) is 8.92. The first-order valence-corrected chi connectivity index (χ1v) is 6.33. The number of nitrogens with two attached hydrogens (primary N) is 1. The van der Waals surface area contributed by atoms with Crippen molar-refractivity contribution in [1.82, 2.24) is 15.3 Å². The van der Waals surface area contributed by atoms with E-state index in [-0.39, 0.29) is 0 Å². The summed E-state index contributed by atoms with van der Waals surface area (Å²) in [5, 5.41) is 3.13. The van der Waals surface area contributed by atoms with Gasteiger partial charge in [-0.25, -0.2) is 9.97 Å².